The number of phenolic OH excluding ortho intramolecular Hbond substituents is 1. The lowest BCUT2D eigenvalue weighted by Crippen LogP contribution is -2.53. The van der Waals surface area contributed by atoms with Gasteiger partial charge in [0.15, 0.2) is 11.5 Å². The van der Waals surface area contributed by atoms with E-state index in [0.29, 0.717) is 32.5 Å². The second-order valence-electron chi connectivity index (χ2n) is 13.5. The van der Waals surface area contributed by atoms with Gasteiger partial charge in [0.2, 0.25) is 23.6 Å². The number of hydrogen-bond acceptors (Lipinski definition) is 6. The number of carbonyl (C=O) groups is 4. The molecular weight excluding hydrogens is 675 g/mol. The number of methoxy groups -OCH3 is 1. The highest BCUT2D eigenvalue weighted by Crippen LogP contribution is 2.65. The Balaban J connectivity index is 1.35. The Bertz CT molecular complexity index is 2150. The first-order valence-electron chi connectivity index (χ1n) is 16.5. The van der Waals surface area contributed by atoms with Crippen molar-refractivity contribution in [3.8, 4) is 11.5 Å². The van der Waals surface area contributed by atoms with Crippen LogP contribution in [0.4, 0.5) is 11.4 Å². The largest absolute Gasteiger partial charge is 0.504 e. The molecule has 0 unspecified atom stereocenters. The van der Waals surface area contributed by atoms with Crippen LogP contribution in [0.25, 0.3) is 0 Å². The van der Waals surface area contributed by atoms with Gasteiger partial charge >= 0.3 is 0 Å². The molecular formula is C40H32Cl2N2O6. The van der Waals surface area contributed by atoms with Gasteiger partial charge in [0.25, 0.3) is 0 Å². The minimum Gasteiger partial charge on any atom is -0.504 e. The number of ether oxygens (including phenoxy) is 1. The minimum atomic E-state index is -1.44. The molecule has 8 rings (SSSR count). The number of anilines is 2. The second kappa shape index (κ2) is 11.9. The van der Waals surface area contributed by atoms with E-state index in [0.717, 1.165) is 11.1 Å². The first kappa shape index (κ1) is 32.3. The Hall–Kier alpha value is -4.92. The van der Waals surface area contributed by atoms with Crippen LogP contribution < -0.4 is 14.5 Å². The maximum absolute atomic E-state index is 15.3. The molecule has 2 saturated heterocycles. The summed E-state index contributed by atoms with van der Waals surface area (Å²) in [6.45, 7) is 1.85. The number of phenols is 1. The normalized spacial score (nSPS) is 27.2. The van der Waals surface area contributed by atoms with Gasteiger partial charge < -0.3 is 9.84 Å². The van der Waals surface area contributed by atoms with Gasteiger partial charge in [0.05, 0.1) is 41.7 Å². The van der Waals surface area contributed by atoms with Gasteiger partial charge in [-0.05, 0) is 84.8 Å². The number of benzene rings is 4. The monoisotopic (exact) mass is 706 g/mol. The zero-order valence-corrected chi connectivity index (χ0v) is 28.7. The summed E-state index contributed by atoms with van der Waals surface area (Å²) >= 11 is 12.8. The number of allylic oxidation sites excluding steroid dienone is 2. The zero-order valence-electron chi connectivity index (χ0n) is 27.2. The van der Waals surface area contributed by atoms with Crippen LogP contribution in [0.5, 0.6) is 11.5 Å². The van der Waals surface area contributed by atoms with Crippen molar-refractivity contribution in [3.63, 3.8) is 0 Å². The number of rotatable bonds is 5. The zero-order chi connectivity index (χ0) is 35.1. The lowest BCUT2D eigenvalue weighted by Gasteiger charge is -2.50. The van der Waals surface area contributed by atoms with Crippen LogP contribution in [0.3, 0.4) is 0 Å². The summed E-state index contributed by atoms with van der Waals surface area (Å²) in [7, 11) is 1.45. The molecule has 0 spiro atoms. The molecule has 252 valence electrons. The summed E-state index contributed by atoms with van der Waals surface area (Å²) < 4.78 is 5.53. The van der Waals surface area contributed by atoms with Crippen LogP contribution in [0.2, 0.25) is 10.0 Å². The third-order valence-corrected chi connectivity index (χ3v) is 11.8. The van der Waals surface area contributed by atoms with Crippen LogP contribution >= 0.6 is 23.2 Å². The first-order chi connectivity index (χ1) is 24.1. The number of carbonyl (C=O) groups excluding carboxylic acids is 4. The van der Waals surface area contributed by atoms with E-state index in [4.69, 9.17) is 27.9 Å². The quantitative estimate of drug-likeness (QED) is 0.172. The lowest BCUT2D eigenvalue weighted by atomic mass is 9.49. The number of imide groups is 2. The molecule has 50 heavy (non-hydrogen) atoms. The van der Waals surface area contributed by atoms with Crippen molar-refractivity contribution in [2.45, 2.75) is 31.1 Å². The molecule has 2 heterocycles. The van der Waals surface area contributed by atoms with Crippen molar-refractivity contribution in [2.24, 2.45) is 23.7 Å². The van der Waals surface area contributed by atoms with Gasteiger partial charge in [0.1, 0.15) is 0 Å². The smallest absolute Gasteiger partial charge is 0.246 e. The van der Waals surface area contributed by atoms with Gasteiger partial charge in [-0.2, -0.15) is 0 Å². The van der Waals surface area contributed by atoms with Gasteiger partial charge in [-0.1, -0.05) is 83.4 Å². The molecule has 4 amide bonds. The predicted molar refractivity (Wildman–Crippen MR) is 189 cm³/mol. The summed E-state index contributed by atoms with van der Waals surface area (Å²) in [5.41, 5.74) is 2.23. The number of nitrogens with zero attached hydrogens (tertiary/aromatic N) is 2. The second-order valence-corrected chi connectivity index (χ2v) is 14.3. The molecule has 4 aliphatic rings. The van der Waals surface area contributed by atoms with Crippen molar-refractivity contribution in [1.29, 1.82) is 0 Å². The minimum absolute atomic E-state index is 0.0787. The Morgan fingerprint density at radius 1 is 0.800 bits per heavy atom. The van der Waals surface area contributed by atoms with Gasteiger partial charge in [-0.25, -0.2) is 9.80 Å². The summed E-state index contributed by atoms with van der Waals surface area (Å²) in [4.78, 5) is 61.2. The first-order valence-corrected chi connectivity index (χ1v) is 17.2. The molecule has 0 aromatic heterocycles. The van der Waals surface area contributed by atoms with E-state index < -0.39 is 46.8 Å². The van der Waals surface area contributed by atoms with Crippen LogP contribution in [0, 0.1) is 30.6 Å². The van der Waals surface area contributed by atoms with Gasteiger partial charge in [-0.15, -0.1) is 0 Å². The molecule has 6 atom stereocenters. The highest BCUT2D eigenvalue weighted by atomic mass is 35.5. The average Bonchev–Trinajstić information content (AvgIpc) is 3.51. The van der Waals surface area contributed by atoms with Crippen molar-refractivity contribution in [3.05, 3.63) is 129 Å². The van der Waals surface area contributed by atoms with Crippen molar-refractivity contribution < 1.29 is 29.0 Å². The van der Waals surface area contributed by atoms with E-state index >= 15 is 4.79 Å². The molecule has 1 saturated carbocycles. The molecule has 2 aliphatic carbocycles. The molecule has 4 aromatic carbocycles. The molecule has 8 nitrogen and oxygen atoms in total. The Labute approximate surface area is 298 Å². The third kappa shape index (κ3) is 4.51. The summed E-state index contributed by atoms with van der Waals surface area (Å²) in [5.74, 6) is -4.97. The fourth-order valence-corrected chi connectivity index (χ4v) is 9.33. The SMILES string of the molecule is COc1cc([C@H]2C3=CC[C@@H]4C(=O)N(c5ccc(C)c(Cl)c5)C(=O)[C@@H]4[C@@H]3C[C@H]3C(=O)N(c4cccc(Cl)c4)C(=O)[C@@]23c2ccccc2)ccc1O. The number of halogens is 2. The van der Waals surface area contributed by atoms with Crippen molar-refractivity contribution in [2.75, 3.05) is 16.9 Å². The fraction of sp³-hybridized carbons (Fsp3) is 0.250. The Morgan fingerprint density at radius 2 is 1.56 bits per heavy atom. The fourth-order valence-electron chi connectivity index (χ4n) is 8.97. The topological polar surface area (TPSA) is 104 Å². The molecule has 10 heteroatoms. The standard InChI is InChI=1S/C40H32Cl2N2O6/c1-21-11-13-26(19-31(21)42)43-36(46)28-15-14-27-29(34(28)38(43)48)20-30-37(47)44(25-10-6-9-24(41)18-25)39(49)40(30,23-7-4-3-5-8-23)35(27)22-12-16-32(45)33(17-22)50-2/h3-14,16-19,28-30,34-35,45H,15,20H2,1-2H3/t28-,29+,30-,34-,35-,40+/m0/s1. The number of aromatic hydroxyl groups is 1. The lowest BCUT2D eigenvalue weighted by molar-refractivity contribution is -0.127. The van der Waals surface area contributed by atoms with Gasteiger partial charge in [-0.3, -0.25) is 19.2 Å². The molecule has 2 aliphatic heterocycles. The maximum Gasteiger partial charge on any atom is 0.246 e. The van der Waals surface area contributed by atoms with Crippen LogP contribution in [0.15, 0.2) is 103 Å². The third-order valence-electron chi connectivity index (χ3n) is 11.1. The molecule has 0 bridgehead atoms. The molecule has 0 radical (unpaired) electrons. The maximum atomic E-state index is 15.3. The van der Waals surface area contributed by atoms with Gasteiger partial charge in [0, 0.05) is 16.0 Å². The highest BCUT2D eigenvalue weighted by Gasteiger charge is 2.70. The van der Waals surface area contributed by atoms with E-state index in [-0.39, 0.29) is 36.2 Å². The van der Waals surface area contributed by atoms with Crippen LogP contribution in [0.1, 0.15) is 35.4 Å². The predicted octanol–water partition coefficient (Wildman–Crippen LogP) is 7.38. The van der Waals surface area contributed by atoms with E-state index in [1.807, 2.05) is 43.3 Å². The average molecular weight is 708 g/mol. The van der Waals surface area contributed by atoms with E-state index in [2.05, 4.69) is 0 Å². The Kier molecular flexibility index (Phi) is 7.66. The summed E-state index contributed by atoms with van der Waals surface area (Å²) in [6, 6.07) is 26.0. The van der Waals surface area contributed by atoms with Crippen molar-refractivity contribution in [1.82, 2.24) is 0 Å². The highest BCUT2D eigenvalue weighted by molar-refractivity contribution is 6.33. The number of amides is 4. The molecule has 4 aromatic rings. The van der Waals surface area contributed by atoms with Crippen LogP contribution in [-0.4, -0.2) is 35.8 Å². The number of hydrogen-bond donors (Lipinski definition) is 1. The number of aryl methyl sites for hydroxylation is 1. The molecule has 1 N–H and O–H groups in total. The van der Waals surface area contributed by atoms with Crippen LogP contribution in [-0.2, 0) is 24.6 Å². The van der Waals surface area contributed by atoms with E-state index in [1.165, 1.54) is 23.0 Å². The van der Waals surface area contributed by atoms with E-state index in [9.17, 15) is 19.5 Å². The summed E-state index contributed by atoms with van der Waals surface area (Å²) in [6.07, 6.45) is 2.43. The van der Waals surface area contributed by atoms with E-state index in [1.54, 1.807) is 54.6 Å². The Morgan fingerprint density at radius 3 is 2.28 bits per heavy atom. The molecule has 3 fully saturated rings. The van der Waals surface area contributed by atoms with Crippen molar-refractivity contribution >= 4 is 58.2 Å². The summed E-state index contributed by atoms with van der Waals surface area (Å²) in [5, 5.41) is 11.4. The number of fused-ring (bicyclic) bond motifs is 4.